The van der Waals surface area contributed by atoms with Crippen LogP contribution >= 0.6 is 39.5 Å². The number of rotatable bonds is 2. The van der Waals surface area contributed by atoms with E-state index in [-0.39, 0.29) is 5.12 Å². The number of aromatic nitrogens is 1. The summed E-state index contributed by atoms with van der Waals surface area (Å²) in [7, 11) is 0. The molecule has 70 valence electrons. The second-order valence-electron chi connectivity index (χ2n) is 2.18. The Morgan fingerprint density at radius 2 is 2.15 bits per heavy atom. The van der Waals surface area contributed by atoms with E-state index in [9.17, 15) is 4.79 Å². The molecule has 0 aromatic carbocycles. The normalized spacial score (nSPS) is 10.1. The zero-order valence-corrected chi connectivity index (χ0v) is 10.4. The highest BCUT2D eigenvalue weighted by atomic mass is 79.9. The Hall–Kier alpha value is -0.000000000000000111. The van der Waals surface area contributed by atoms with Crippen molar-refractivity contribution < 1.29 is 4.79 Å². The highest BCUT2D eigenvalue weighted by molar-refractivity contribution is 9.10. The van der Waals surface area contributed by atoms with Gasteiger partial charge in [0.2, 0.25) is 5.12 Å². The van der Waals surface area contributed by atoms with E-state index in [2.05, 4.69) is 20.9 Å². The third kappa shape index (κ3) is 2.72. The molecule has 5 heteroatoms. The minimum Gasteiger partial charge on any atom is -0.280 e. The van der Waals surface area contributed by atoms with E-state index < -0.39 is 0 Å². The van der Waals surface area contributed by atoms with E-state index in [4.69, 9.17) is 0 Å². The van der Waals surface area contributed by atoms with Crippen LogP contribution in [0.4, 0.5) is 0 Å². The summed E-state index contributed by atoms with van der Waals surface area (Å²) in [4.78, 5) is 16.5. The van der Waals surface area contributed by atoms with E-state index in [0.717, 1.165) is 4.90 Å². The number of carbonyl (C=O) groups is 1. The van der Waals surface area contributed by atoms with Crippen molar-refractivity contribution in [2.45, 2.75) is 4.90 Å². The van der Waals surface area contributed by atoms with Crippen LogP contribution in [0.5, 0.6) is 0 Å². The first-order valence-corrected chi connectivity index (χ1v) is 6.72. The number of thioether (sulfide) groups is 2. The van der Waals surface area contributed by atoms with E-state index in [1.165, 1.54) is 23.5 Å². The quantitative estimate of drug-likeness (QED) is 0.614. The van der Waals surface area contributed by atoms with Crippen LogP contribution in [-0.2, 0) is 0 Å². The lowest BCUT2D eigenvalue weighted by atomic mass is 10.4. The van der Waals surface area contributed by atoms with Crippen molar-refractivity contribution in [3.05, 3.63) is 22.4 Å². The Bertz CT molecular complexity index is 330. The van der Waals surface area contributed by atoms with Crippen molar-refractivity contribution in [3.8, 4) is 0 Å². The summed E-state index contributed by atoms with van der Waals surface area (Å²) in [6.07, 6.45) is 3.69. The van der Waals surface area contributed by atoms with Crippen LogP contribution in [-0.4, -0.2) is 22.6 Å². The Morgan fingerprint density at radius 1 is 1.46 bits per heavy atom. The number of pyridine rings is 1. The van der Waals surface area contributed by atoms with Gasteiger partial charge in [0.05, 0.1) is 0 Å². The van der Waals surface area contributed by atoms with Crippen molar-refractivity contribution in [1.29, 1.82) is 0 Å². The lowest BCUT2D eigenvalue weighted by molar-refractivity contribution is 0.108. The van der Waals surface area contributed by atoms with Gasteiger partial charge in [-0.05, 0) is 40.6 Å². The van der Waals surface area contributed by atoms with Crippen molar-refractivity contribution in [3.63, 3.8) is 0 Å². The number of nitrogens with zero attached hydrogens (tertiary/aromatic N) is 1. The largest absolute Gasteiger partial charge is 0.280 e. The standard InChI is InChI=1S/C8H8BrNOS2/c1-12-5-3-4-6(9)10-7(5)8(11)13-2/h3-4H,1-2H3. The van der Waals surface area contributed by atoms with Crippen LogP contribution in [0.25, 0.3) is 0 Å². The average Bonchev–Trinajstić information content (AvgIpc) is 2.16. The monoisotopic (exact) mass is 277 g/mol. The van der Waals surface area contributed by atoms with Crippen LogP contribution in [0.3, 0.4) is 0 Å². The van der Waals surface area contributed by atoms with E-state index in [1.54, 1.807) is 6.26 Å². The maximum atomic E-state index is 11.4. The summed E-state index contributed by atoms with van der Waals surface area (Å²) in [5.74, 6) is 0. The predicted molar refractivity (Wildman–Crippen MR) is 61.6 cm³/mol. The molecule has 0 unspecified atom stereocenters. The maximum Gasteiger partial charge on any atom is 0.238 e. The molecule has 1 rings (SSSR count). The smallest absolute Gasteiger partial charge is 0.238 e. The molecule has 0 atom stereocenters. The first kappa shape index (κ1) is 11.1. The number of hydrogen-bond acceptors (Lipinski definition) is 4. The van der Waals surface area contributed by atoms with Gasteiger partial charge in [0.25, 0.3) is 0 Å². The number of halogens is 1. The highest BCUT2D eigenvalue weighted by Gasteiger charge is 2.11. The van der Waals surface area contributed by atoms with Gasteiger partial charge in [0.15, 0.2) is 0 Å². The van der Waals surface area contributed by atoms with Crippen LogP contribution in [0.2, 0.25) is 0 Å². The topological polar surface area (TPSA) is 30.0 Å². The van der Waals surface area contributed by atoms with E-state index in [1.807, 2.05) is 18.4 Å². The van der Waals surface area contributed by atoms with Crippen LogP contribution in [0.15, 0.2) is 21.6 Å². The fourth-order valence-corrected chi connectivity index (χ4v) is 2.09. The first-order valence-electron chi connectivity index (χ1n) is 3.48. The molecule has 0 fully saturated rings. The van der Waals surface area contributed by atoms with Gasteiger partial charge in [-0.2, -0.15) is 0 Å². The molecule has 2 nitrogen and oxygen atoms in total. The summed E-state index contributed by atoms with van der Waals surface area (Å²) >= 11 is 5.95. The molecule has 1 heterocycles. The Balaban J connectivity index is 3.15. The summed E-state index contributed by atoms with van der Waals surface area (Å²) in [6.45, 7) is 0. The second-order valence-corrected chi connectivity index (χ2v) is 4.62. The Kier molecular flexibility index (Phi) is 4.28. The molecule has 0 bridgehead atoms. The van der Waals surface area contributed by atoms with Gasteiger partial charge in [-0.1, -0.05) is 11.8 Å². The van der Waals surface area contributed by atoms with Gasteiger partial charge in [0, 0.05) is 4.90 Å². The summed E-state index contributed by atoms with van der Waals surface area (Å²) in [5.41, 5.74) is 0.536. The van der Waals surface area contributed by atoms with Gasteiger partial charge in [-0.15, -0.1) is 11.8 Å². The SMILES string of the molecule is CSC(=O)c1nc(Br)ccc1SC. The van der Waals surface area contributed by atoms with Crippen LogP contribution in [0, 0.1) is 0 Å². The summed E-state index contributed by atoms with van der Waals surface area (Å²) in [5, 5.41) is 0.00523. The molecule has 0 N–H and O–H groups in total. The highest BCUT2D eigenvalue weighted by Crippen LogP contribution is 2.23. The maximum absolute atomic E-state index is 11.4. The molecule has 0 amide bonds. The third-order valence-corrected chi connectivity index (χ3v) is 3.20. The zero-order chi connectivity index (χ0) is 9.84. The molecule has 1 aromatic rings. The molecule has 0 saturated heterocycles. The van der Waals surface area contributed by atoms with Gasteiger partial charge < -0.3 is 0 Å². The van der Waals surface area contributed by atoms with Gasteiger partial charge >= 0.3 is 0 Å². The van der Waals surface area contributed by atoms with Crippen LogP contribution < -0.4 is 0 Å². The lowest BCUT2D eigenvalue weighted by Crippen LogP contribution is -1.99. The van der Waals surface area contributed by atoms with E-state index >= 15 is 0 Å². The molecule has 0 spiro atoms. The Morgan fingerprint density at radius 3 is 2.69 bits per heavy atom. The first-order chi connectivity index (χ1) is 6.19. The molecule has 0 aliphatic rings. The summed E-state index contributed by atoms with van der Waals surface area (Å²) in [6, 6.07) is 3.73. The van der Waals surface area contributed by atoms with Crippen molar-refractivity contribution in [2.24, 2.45) is 0 Å². The van der Waals surface area contributed by atoms with Crippen molar-refractivity contribution >= 4 is 44.6 Å². The van der Waals surface area contributed by atoms with Crippen molar-refractivity contribution in [1.82, 2.24) is 4.98 Å². The zero-order valence-electron chi connectivity index (χ0n) is 7.20. The van der Waals surface area contributed by atoms with E-state index in [0.29, 0.717) is 10.3 Å². The van der Waals surface area contributed by atoms with Gasteiger partial charge in [0.1, 0.15) is 10.3 Å². The van der Waals surface area contributed by atoms with Gasteiger partial charge in [-0.3, -0.25) is 4.79 Å². The summed E-state index contributed by atoms with van der Waals surface area (Å²) < 4.78 is 0.697. The fraction of sp³-hybridized carbons (Fsp3) is 0.250. The molecule has 0 aliphatic carbocycles. The molecule has 1 aromatic heterocycles. The van der Waals surface area contributed by atoms with Crippen molar-refractivity contribution in [2.75, 3.05) is 12.5 Å². The molecular weight excluding hydrogens is 270 g/mol. The number of hydrogen-bond donors (Lipinski definition) is 0. The van der Waals surface area contributed by atoms with Gasteiger partial charge in [-0.25, -0.2) is 4.98 Å². The number of carbonyl (C=O) groups excluding carboxylic acids is 1. The Labute approximate surface area is 94.0 Å². The van der Waals surface area contributed by atoms with Crippen LogP contribution in [0.1, 0.15) is 10.5 Å². The average molecular weight is 278 g/mol. The molecular formula is C8H8BrNOS2. The predicted octanol–water partition coefficient (Wildman–Crippen LogP) is 3.07. The fourth-order valence-electron chi connectivity index (χ4n) is 0.830. The second kappa shape index (κ2) is 5.02. The molecule has 0 saturated carbocycles. The third-order valence-electron chi connectivity index (χ3n) is 1.42. The molecule has 13 heavy (non-hydrogen) atoms. The lowest BCUT2D eigenvalue weighted by Gasteiger charge is -2.03. The molecule has 0 radical (unpaired) electrons. The molecule has 0 aliphatic heterocycles. The minimum absolute atomic E-state index is 0.00523. The minimum atomic E-state index is 0.00523.